The van der Waals surface area contributed by atoms with Crippen molar-refractivity contribution in [3.05, 3.63) is 24.0 Å². The van der Waals surface area contributed by atoms with E-state index in [1.165, 1.54) is 6.07 Å². The highest BCUT2D eigenvalue weighted by Crippen LogP contribution is 2.15. The number of nitrogens with one attached hydrogen (secondary N) is 1. The number of hydrogen-bond donors (Lipinski definition) is 2. The first-order chi connectivity index (χ1) is 8.45. The Labute approximate surface area is 106 Å². The van der Waals surface area contributed by atoms with Gasteiger partial charge in [0.25, 0.3) is 0 Å². The van der Waals surface area contributed by atoms with Crippen LogP contribution in [0.1, 0.15) is 13.3 Å². The third-order valence-corrected chi connectivity index (χ3v) is 3.61. The molecule has 1 aromatic rings. The number of ether oxygens (including phenoxy) is 1. The van der Waals surface area contributed by atoms with Crippen LogP contribution >= 0.6 is 0 Å². The normalized spacial score (nSPS) is 11.7. The number of halogens is 1. The molecule has 0 radical (unpaired) electrons. The van der Waals surface area contributed by atoms with Crippen LogP contribution in [0.2, 0.25) is 0 Å². The van der Waals surface area contributed by atoms with Gasteiger partial charge >= 0.3 is 0 Å². The van der Waals surface area contributed by atoms with Gasteiger partial charge in [0.1, 0.15) is 5.82 Å². The zero-order valence-corrected chi connectivity index (χ0v) is 11.0. The Kier molecular flexibility index (Phi) is 5.52. The van der Waals surface area contributed by atoms with E-state index in [0.717, 1.165) is 12.1 Å². The first-order valence-electron chi connectivity index (χ1n) is 5.59. The largest absolute Gasteiger partial charge is 0.399 e. The molecule has 1 aromatic carbocycles. The fourth-order valence-electron chi connectivity index (χ4n) is 1.35. The van der Waals surface area contributed by atoms with E-state index >= 15 is 0 Å². The Morgan fingerprint density at radius 3 is 2.72 bits per heavy atom. The lowest BCUT2D eigenvalue weighted by Crippen LogP contribution is -2.25. The highest BCUT2D eigenvalue weighted by molar-refractivity contribution is 7.89. The lowest BCUT2D eigenvalue weighted by Gasteiger charge is -2.07. The second-order valence-electron chi connectivity index (χ2n) is 3.67. The topological polar surface area (TPSA) is 81.4 Å². The minimum atomic E-state index is -3.72. The van der Waals surface area contributed by atoms with Gasteiger partial charge in [0.2, 0.25) is 10.0 Å². The van der Waals surface area contributed by atoms with E-state index in [9.17, 15) is 12.8 Å². The van der Waals surface area contributed by atoms with Gasteiger partial charge in [0, 0.05) is 25.4 Å². The van der Waals surface area contributed by atoms with Crippen LogP contribution < -0.4 is 10.5 Å². The fraction of sp³-hybridized carbons (Fsp3) is 0.455. The van der Waals surface area contributed by atoms with Crippen LogP contribution in [0.4, 0.5) is 10.1 Å². The first kappa shape index (κ1) is 14.9. The first-order valence-corrected chi connectivity index (χ1v) is 7.07. The second-order valence-corrected chi connectivity index (χ2v) is 5.44. The van der Waals surface area contributed by atoms with E-state index in [2.05, 4.69) is 4.72 Å². The van der Waals surface area contributed by atoms with Crippen LogP contribution in [0.25, 0.3) is 0 Å². The molecule has 0 amide bonds. The number of anilines is 1. The van der Waals surface area contributed by atoms with E-state index in [1.54, 1.807) is 0 Å². The average molecular weight is 276 g/mol. The molecule has 5 nitrogen and oxygen atoms in total. The lowest BCUT2D eigenvalue weighted by molar-refractivity contribution is 0.146. The van der Waals surface area contributed by atoms with Gasteiger partial charge in [-0.2, -0.15) is 0 Å². The van der Waals surface area contributed by atoms with E-state index in [-0.39, 0.29) is 17.1 Å². The molecule has 0 heterocycles. The third kappa shape index (κ3) is 4.59. The molecule has 0 bridgehead atoms. The Morgan fingerprint density at radius 1 is 1.39 bits per heavy atom. The van der Waals surface area contributed by atoms with Crippen molar-refractivity contribution in [1.82, 2.24) is 4.72 Å². The number of hydrogen-bond acceptors (Lipinski definition) is 4. The quantitative estimate of drug-likeness (QED) is 0.577. The van der Waals surface area contributed by atoms with Crippen molar-refractivity contribution in [2.45, 2.75) is 18.2 Å². The van der Waals surface area contributed by atoms with Gasteiger partial charge in [0.05, 0.1) is 4.90 Å². The van der Waals surface area contributed by atoms with Crippen molar-refractivity contribution < 1.29 is 17.5 Å². The number of nitrogen functional groups attached to an aromatic ring is 1. The summed E-state index contributed by atoms with van der Waals surface area (Å²) in [4.78, 5) is -0.170. The molecule has 3 N–H and O–H groups in total. The summed E-state index contributed by atoms with van der Waals surface area (Å²) < 4.78 is 44.1. The van der Waals surface area contributed by atoms with E-state index in [4.69, 9.17) is 10.5 Å². The average Bonchev–Trinajstić information content (AvgIpc) is 2.27. The molecule has 0 aliphatic carbocycles. The Morgan fingerprint density at radius 2 is 2.11 bits per heavy atom. The van der Waals surface area contributed by atoms with Crippen LogP contribution in [0.3, 0.4) is 0 Å². The van der Waals surface area contributed by atoms with Crippen LogP contribution in [0.15, 0.2) is 23.1 Å². The molecule has 0 aromatic heterocycles. The molecular formula is C11H17FN2O3S. The Balaban J connectivity index is 2.63. The summed E-state index contributed by atoms with van der Waals surface area (Å²) in [6, 6.07) is 3.21. The molecule has 0 unspecified atom stereocenters. The van der Waals surface area contributed by atoms with Gasteiger partial charge in [-0.1, -0.05) is 0 Å². The van der Waals surface area contributed by atoms with Crippen LogP contribution in [0.5, 0.6) is 0 Å². The summed E-state index contributed by atoms with van der Waals surface area (Å²) in [5.41, 5.74) is 5.47. The monoisotopic (exact) mass is 276 g/mol. The predicted molar refractivity (Wildman–Crippen MR) is 67.1 cm³/mol. The van der Waals surface area contributed by atoms with Crippen LogP contribution in [-0.2, 0) is 14.8 Å². The smallest absolute Gasteiger partial charge is 0.240 e. The molecule has 0 spiro atoms. The molecule has 1 rings (SSSR count). The third-order valence-electron chi connectivity index (χ3n) is 2.17. The summed E-state index contributed by atoms with van der Waals surface area (Å²) in [6.45, 7) is 3.16. The van der Waals surface area contributed by atoms with E-state index < -0.39 is 15.8 Å². The zero-order chi connectivity index (χ0) is 13.6. The molecule has 0 saturated heterocycles. The van der Waals surface area contributed by atoms with Crippen molar-refractivity contribution >= 4 is 15.7 Å². The fourth-order valence-corrected chi connectivity index (χ4v) is 2.49. The number of rotatable bonds is 7. The number of sulfonamides is 1. The molecule has 7 heteroatoms. The van der Waals surface area contributed by atoms with E-state index in [0.29, 0.717) is 19.6 Å². The maximum atomic E-state index is 13.1. The van der Waals surface area contributed by atoms with Gasteiger partial charge in [0.15, 0.2) is 0 Å². The van der Waals surface area contributed by atoms with Crippen LogP contribution in [0, 0.1) is 5.82 Å². The zero-order valence-electron chi connectivity index (χ0n) is 10.1. The molecule has 18 heavy (non-hydrogen) atoms. The molecule has 102 valence electrons. The van der Waals surface area contributed by atoms with Gasteiger partial charge in [-0.05, 0) is 31.5 Å². The SMILES string of the molecule is CCOCCCNS(=O)(=O)c1cc(N)cc(F)c1. The minimum absolute atomic E-state index is 0.0738. The van der Waals surface area contributed by atoms with Gasteiger partial charge in [-0.3, -0.25) is 0 Å². The maximum Gasteiger partial charge on any atom is 0.240 e. The highest BCUT2D eigenvalue weighted by Gasteiger charge is 2.14. The van der Waals surface area contributed by atoms with Crippen molar-refractivity contribution in [2.24, 2.45) is 0 Å². The van der Waals surface area contributed by atoms with Gasteiger partial charge in [-0.15, -0.1) is 0 Å². The molecule has 0 aliphatic rings. The highest BCUT2D eigenvalue weighted by atomic mass is 32.2. The second kappa shape index (κ2) is 6.67. The standard InChI is InChI=1S/C11H17FN2O3S/c1-2-17-5-3-4-14-18(15,16)11-7-9(12)6-10(13)8-11/h6-8,14H,2-5,13H2,1H3. The molecule has 0 fully saturated rings. The maximum absolute atomic E-state index is 13.1. The van der Waals surface area contributed by atoms with Gasteiger partial charge < -0.3 is 10.5 Å². The van der Waals surface area contributed by atoms with Crippen molar-refractivity contribution in [2.75, 3.05) is 25.5 Å². The lowest BCUT2D eigenvalue weighted by atomic mass is 10.3. The van der Waals surface area contributed by atoms with Crippen LogP contribution in [-0.4, -0.2) is 28.2 Å². The summed E-state index contributed by atoms with van der Waals surface area (Å²) in [6.07, 6.45) is 0.553. The van der Waals surface area contributed by atoms with Crippen molar-refractivity contribution in [3.8, 4) is 0 Å². The summed E-state index contributed by atoms with van der Waals surface area (Å²) >= 11 is 0. The predicted octanol–water partition coefficient (Wildman–Crippen LogP) is 1.11. The number of nitrogens with two attached hydrogens (primary N) is 1. The number of benzene rings is 1. The molecule has 0 saturated carbocycles. The molecule has 0 atom stereocenters. The van der Waals surface area contributed by atoms with Crippen molar-refractivity contribution in [1.29, 1.82) is 0 Å². The summed E-state index contributed by atoms with van der Waals surface area (Å²) in [7, 11) is -3.72. The molecule has 0 aliphatic heterocycles. The minimum Gasteiger partial charge on any atom is -0.399 e. The summed E-state index contributed by atoms with van der Waals surface area (Å²) in [5, 5.41) is 0. The molecular weight excluding hydrogens is 259 g/mol. The van der Waals surface area contributed by atoms with E-state index in [1.807, 2.05) is 6.92 Å². The Hall–Kier alpha value is -1.18. The summed E-state index contributed by atoms with van der Waals surface area (Å²) in [5.74, 6) is -0.676. The Bertz CT molecular complexity index is 471. The van der Waals surface area contributed by atoms with Crippen molar-refractivity contribution in [3.63, 3.8) is 0 Å². The van der Waals surface area contributed by atoms with Gasteiger partial charge in [-0.25, -0.2) is 17.5 Å².